The van der Waals surface area contributed by atoms with Gasteiger partial charge in [-0.3, -0.25) is 9.29 Å². The molecule has 8 heteroatoms. The van der Waals surface area contributed by atoms with Crippen LogP contribution in [-0.2, 0) is 10.0 Å². The van der Waals surface area contributed by atoms with Crippen LogP contribution in [0.5, 0.6) is 5.75 Å². The zero-order valence-corrected chi connectivity index (χ0v) is 13.1. The van der Waals surface area contributed by atoms with E-state index in [0.717, 1.165) is 0 Å². The van der Waals surface area contributed by atoms with Gasteiger partial charge in [0.1, 0.15) is 17.9 Å². The standard InChI is InChI=1S/C15H14N4O3S/c1-22-13-3-2-4-14(9-13)23(20,21)18-12-5-6-15(17-10-12)19-8-7-16-11-19/h2-11,18H,1H3. The molecule has 0 amide bonds. The molecule has 0 saturated heterocycles. The van der Waals surface area contributed by atoms with E-state index < -0.39 is 10.0 Å². The number of pyridine rings is 1. The van der Waals surface area contributed by atoms with Gasteiger partial charge < -0.3 is 4.74 Å². The molecule has 118 valence electrons. The molecule has 0 aliphatic heterocycles. The minimum Gasteiger partial charge on any atom is -0.497 e. The van der Waals surface area contributed by atoms with Gasteiger partial charge in [0.15, 0.2) is 0 Å². The van der Waals surface area contributed by atoms with E-state index in [1.54, 1.807) is 47.6 Å². The maximum Gasteiger partial charge on any atom is 0.262 e. The Hall–Kier alpha value is -2.87. The van der Waals surface area contributed by atoms with Crippen LogP contribution < -0.4 is 9.46 Å². The Bertz CT molecular complexity index is 891. The number of nitrogens with one attached hydrogen (secondary N) is 1. The SMILES string of the molecule is COc1cccc(S(=O)(=O)Nc2ccc(-n3ccnc3)nc2)c1. The molecule has 3 aromatic rings. The number of rotatable bonds is 5. The van der Waals surface area contributed by atoms with Crippen LogP contribution in [0.25, 0.3) is 5.82 Å². The van der Waals surface area contributed by atoms with Gasteiger partial charge in [-0.05, 0) is 24.3 Å². The number of imidazole rings is 1. The van der Waals surface area contributed by atoms with E-state index in [1.807, 2.05) is 0 Å². The van der Waals surface area contributed by atoms with Gasteiger partial charge in [0.2, 0.25) is 0 Å². The predicted molar refractivity (Wildman–Crippen MR) is 85.2 cm³/mol. The van der Waals surface area contributed by atoms with Crippen LogP contribution in [0.1, 0.15) is 0 Å². The van der Waals surface area contributed by atoms with Crippen LogP contribution in [0.4, 0.5) is 5.69 Å². The van der Waals surface area contributed by atoms with Gasteiger partial charge in [-0.15, -0.1) is 0 Å². The van der Waals surface area contributed by atoms with Gasteiger partial charge in [-0.1, -0.05) is 6.07 Å². The molecule has 0 atom stereocenters. The molecule has 1 N–H and O–H groups in total. The second-order valence-corrected chi connectivity index (χ2v) is 6.34. The number of ether oxygens (including phenoxy) is 1. The summed E-state index contributed by atoms with van der Waals surface area (Å²) in [4.78, 5) is 8.26. The Morgan fingerprint density at radius 2 is 2.09 bits per heavy atom. The summed E-state index contributed by atoms with van der Waals surface area (Å²) < 4.78 is 34.0. The number of aromatic nitrogens is 3. The number of sulfonamides is 1. The molecule has 23 heavy (non-hydrogen) atoms. The summed E-state index contributed by atoms with van der Waals surface area (Å²) in [5.41, 5.74) is 0.372. The number of anilines is 1. The van der Waals surface area contributed by atoms with Crippen LogP contribution in [-0.4, -0.2) is 30.1 Å². The second kappa shape index (κ2) is 6.09. The van der Waals surface area contributed by atoms with E-state index in [0.29, 0.717) is 17.3 Å². The quantitative estimate of drug-likeness (QED) is 0.774. The van der Waals surface area contributed by atoms with Crippen molar-refractivity contribution in [2.45, 2.75) is 4.90 Å². The fraction of sp³-hybridized carbons (Fsp3) is 0.0667. The van der Waals surface area contributed by atoms with E-state index in [2.05, 4.69) is 14.7 Å². The Balaban J connectivity index is 1.83. The normalized spacial score (nSPS) is 11.2. The second-order valence-electron chi connectivity index (χ2n) is 4.66. The zero-order valence-electron chi connectivity index (χ0n) is 12.2. The summed E-state index contributed by atoms with van der Waals surface area (Å²) in [7, 11) is -2.22. The predicted octanol–water partition coefficient (Wildman–Crippen LogP) is 2.08. The molecule has 2 aromatic heterocycles. The maximum atomic E-state index is 12.4. The highest BCUT2D eigenvalue weighted by molar-refractivity contribution is 7.92. The molecule has 0 spiro atoms. The summed E-state index contributed by atoms with van der Waals surface area (Å²) in [6.07, 6.45) is 6.46. The molecule has 0 saturated carbocycles. The summed E-state index contributed by atoms with van der Waals surface area (Å²) in [5, 5.41) is 0. The molecule has 0 aliphatic rings. The lowest BCUT2D eigenvalue weighted by Gasteiger charge is -2.09. The molecule has 0 aliphatic carbocycles. The van der Waals surface area contributed by atoms with Crippen molar-refractivity contribution in [3.05, 3.63) is 61.3 Å². The van der Waals surface area contributed by atoms with Gasteiger partial charge in [-0.25, -0.2) is 18.4 Å². The first kappa shape index (κ1) is 15.0. The number of nitrogens with zero attached hydrogens (tertiary/aromatic N) is 3. The van der Waals surface area contributed by atoms with E-state index in [9.17, 15) is 8.42 Å². The first-order valence-corrected chi connectivity index (χ1v) is 8.18. The van der Waals surface area contributed by atoms with Crippen molar-refractivity contribution >= 4 is 15.7 Å². The lowest BCUT2D eigenvalue weighted by atomic mass is 10.3. The zero-order chi connectivity index (χ0) is 16.3. The van der Waals surface area contributed by atoms with Crippen LogP contribution in [0.2, 0.25) is 0 Å². The monoisotopic (exact) mass is 330 g/mol. The highest BCUT2D eigenvalue weighted by atomic mass is 32.2. The summed E-state index contributed by atoms with van der Waals surface area (Å²) in [6, 6.07) is 9.59. The van der Waals surface area contributed by atoms with E-state index >= 15 is 0 Å². The largest absolute Gasteiger partial charge is 0.497 e. The lowest BCUT2D eigenvalue weighted by molar-refractivity contribution is 0.413. The summed E-state index contributed by atoms with van der Waals surface area (Å²) in [5.74, 6) is 1.12. The third kappa shape index (κ3) is 3.32. The molecule has 1 aromatic carbocycles. The highest BCUT2D eigenvalue weighted by Crippen LogP contribution is 2.20. The average molecular weight is 330 g/mol. The number of hydrogen-bond donors (Lipinski definition) is 1. The molecule has 3 rings (SSSR count). The minimum absolute atomic E-state index is 0.121. The molecule has 0 radical (unpaired) electrons. The smallest absolute Gasteiger partial charge is 0.262 e. The van der Waals surface area contributed by atoms with Crippen molar-refractivity contribution in [1.29, 1.82) is 0 Å². The molecule has 0 unspecified atom stereocenters. The van der Waals surface area contributed by atoms with Crippen LogP contribution in [0, 0.1) is 0 Å². The van der Waals surface area contributed by atoms with E-state index in [4.69, 9.17) is 4.74 Å². The molecule has 0 bridgehead atoms. The van der Waals surface area contributed by atoms with Crippen molar-refractivity contribution in [3.8, 4) is 11.6 Å². The van der Waals surface area contributed by atoms with Crippen molar-refractivity contribution in [2.75, 3.05) is 11.8 Å². The number of methoxy groups -OCH3 is 1. The first-order valence-electron chi connectivity index (χ1n) is 6.70. The van der Waals surface area contributed by atoms with Gasteiger partial charge in [0.25, 0.3) is 10.0 Å². The third-order valence-corrected chi connectivity index (χ3v) is 4.50. The first-order chi connectivity index (χ1) is 11.1. The Labute approximate surface area is 133 Å². The average Bonchev–Trinajstić information content (AvgIpc) is 3.10. The topological polar surface area (TPSA) is 86.1 Å². The fourth-order valence-corrected chi connectivity index (χ4v) is 3.05. The molecule has 7 nitrogen and oxygen atoms in total. The van der Waals surface area contributed by atoms with Gasteiger partial charge in [0.05, 0.1) is 23.9 Å². The Kier molecular flexibility index (Phi) is 3.98. The number of benzene rings is 1. The summed E-state index contributed by atoms with van der Waals surface area (Å²) in [6.45, 7) is 0. The van der Waals surface area contributed by atoms with Gasteiger partial charge in [-0.2, -0.15) is 0 Å². The van der Waals surface area contributed by atoms with Crippen molar-refractivity contribution in [2.24, 2.45) is 0 Å². The van der Waals surface area contributed by atoms with E-state index in [1.165, 1.54) is 25.4 Å². The van der Waals surface area contributed by atoms with Gasteiger partial charge in [0, 0.05) is 18.5 Å². The fourth-order valence-electron chi connectivity index (χ4n) is 1.98. The van der Waals surface area contributed by atoms with Crippen molar-refractivity contribution < 1.29 is 13.2 Å². The van der Waals surface area contributed by atoms with Crippen molar-refractivity contribution in [1.82, 2.24) is 14.5 Å². The molecule has 2 heterocycles. The Morgan fingerprint density at radius 3 is 2.74 bits per heavy atom. The maximum absolute atomic E-state index is 12.4. The molecule has 0 fully saturated rings. The van der Waals surface area contributed by atoms with Gasteiger partial charge >= 0.3 is 0 Å². The highest BCUT2D eigenvalue weighted by Gasteiger charge is 2.15. The number of hydrogen-bond acceptors (Lipinski definition) is 5. The van der Waals surface area contributed by atoms with Crippen LogP contribution >= 0.6 is 0 Å². The minimum atomic E-state index is -3.70. The third-order valence-electron chi connectivity index (χ3n) is 3.12. The molecular weight excluding hydrogens is 316 g/mol. The van der Waals surface area contributed by atoms with Crippen molar-refractivity contribution in [3.63, 3.8) is 0 Å². The summed E-state index contributed by atoms with van der Waals surface area (Å²) >= 11 is 0. The Morgan fingerprint density at radius 1 is 1.22 bits per heavy atom. The van der Waals surface area contributed by atoms with E-state index in [-0.39, 0.29) is 4.90 Å². The van der Waals surface area contributed by atoms with Crippen LogP contribution in [0.15, 0.2) is 66.2 Å². The van der Waals surface area contributed by atoms with Crippen LogP contribution in [0.3, 0.4) is 0 Å². The molecular formula is C15H14N4O3S. The lowest BCUT2D eigenvalue weighted by Crippen LogP contribution is -2.13.